The molecule has 0 unspecified atom stereocenters. The summed E-state index contributed by atoms with van der Waals surface area (Å²) in [7, 11) is 0. The minimum Gasteiger partial charge on any atom is -0.507 e. The second kappa shape index (κ2) is 4.30. The maximum absolute atomic E-state index is 12.3. The molecule has 1 aromatic rings. The number of aliphatic carboxylic acids is 1. The van der Waals surface area contributed by atoms with Gasteiger partial charge in [-0.1, -0.05) is 0 Å². The van der Waals surface area contributed by atoms with Crippen LogP contribution < -0.4 is 4.74 Å². The Labute approximate surface area is 87.9 Å². The minimum absolute atomic E-state index is 0.271. The summed E-state index contributed by atoms with van der Waals surface area (Å²) in [6.45, 7) is -0.748. The Morgan fingerprint density at radius 2 is 2.00 bits per heavy atom. The Balaban J connectivity index is 2.94. The Kier molecular flexibility index (Phi) is 3.26. The van der Waals surface area contributed by atoms with E-state index in [9.17, 15) is 18.0 Å². The molecular weight excluding hydrogens is 229 g/mol. The van der Waals surface area contributed by atoms with Crippen LogP contribution in [0.15, 0.2) is 18.2 Å². The van der Waals surface area contributed by atoms with Crippen LogP contribution in [0, 0.1) is 0 Å². The standard InChI is InChI=1S/C9H7F3O4/c10-9(11,12)6-3-5(1-2-7(6)13)16-4-8(14)15/h1-3,13H,4H2,(H,14,15). The number of carboxylic acids is 1. The lowest BCUT2D eigenvalue weighted by molar-refractivity contribution is -0.139. The molecule has 88 valence electrons. The lowest BCUT2D eigenvalue weighted by Gasteiger charge is -2.10. The van der Waals surface area contributed by atoms with Gasteiger partial charge >= 0.3 is 12.1 Å². The Bertz CT molecular complexity index is 400. The fourth-order valence-electron chi connectivity index (χ4n) is 0.977. The summed E-state index contributed by atoms with van der Waals surface area (Å²) < 4.78 is 41.4. The molecule has 0 spiro atoms. The van der Waals surface area contributed by atoms with Gasteiger partial charge in [-0.05, 0) is 18.2 Å². The van der Waals surface area contributed by atoms with Crippen molar-refractivity contribution in [2.45, 2.75) is 6.18 Å². The van der Waals surface area contributed by atoms with Gasteiger partial charge in [0.25, 0.3) is 0 Å². The number of ether oxygens (including phenoxy) is 1. The summed E-state index contributed by atoms with van der Waals surface area (Å²) in [4.78, 5) is 10.1. The first kappa shape index (κ1) is 12.2. The highest BCUT2D eigenvalue weighted by Crippen LogP contribution is 2.37. The normalized spacial score (nSPS) is 11.2. The monoisotopic (exact) mass is 236 g/mol. The number of phenols is 1. The highest BCUT2D eigenvalue weighted by Gasteiger charge is 2.34. The number of alkyl halides is 3. The smallest absolute Gasteiger partial charge is 0.420 e. The molecule has 0 aromatic heterocycles. The molecule has 0 aliphatic heterocycles. The van der Waals surface area contributed by atoms with Crippen molar-refractivity contribution in [3.63, 3.8) is 0 Å². The van der Waals surface area contributed by atoms with Crippen molar-refractivity contribution in [1.29, 1.82) is 0 Å². The highest BCUT2D eigenvalue weighted by atomic mass is 19.4. The van der Waals surface area contributed by atoms with Crippen LogP contribution in [0.25, 0.3) is 0 Å². The van der Waals surface area contributed by atoms with Crippen LogP contribution in [0.1, 0.15) is 5.56 Å². The molecule has 0 aliphatic carbocycles. The zero-order valence-corrected chi connectivity index (χ0v) is 7.78. The predicted octanol–water partition coefficient (Wildman–Crippen LogP) is 1.87. The first-order chi connectivity index (χ1) is 7.30. The maximum Gasteiger partial charge on any atom is 0.420 e. The summed E-state index contributed by atoms with van der Waals surface area (Å²) in [6.07, 6.45) is -4.72. The van der Waals surface area contributed by atoms with E-state index in [2.05, 4.69) is 4.74 Å². The third-order valence-corrected chi connectivity index (χ3v) is 1.64. The van der Waals surface area contributed by atoms with Gasteiger partial charge < -0.3 is 14.9 Å². The van der Waals surface area contributed by atoms with E-state index >= 15 is 0 Å². The molecule has 7 heteroatoms. The largest absolute Gasteiger partial charge is 0.507 e. The van der Waals surface area contributed by atoms with Gasteiger partial charge in [-0.15, -0.1) is 0 Å². The molecule has 0 heterocycles. The van der Waals surface area contributed by atoms with Crippen LogP contribution >= 0.6 is 0 Å². The molecule has 0 radical (unpaired) electrons. The first-order valence-corrected chi connectivity index (χ1v) is 4.05. The molecule has 1 aromatic carbocycles. The van der Waals surface area contributed by atoms with Gasteiger partial charge in [0.15, 0.2) is 6.61 Å². The zero-order valence-electron chi connectivity index (χ0n) is 7.78. The Morgan fingerprint density at radius 3 is 2.50 bits per heavy atom. The average molecular weight is 236 g/mol. The summed E-state index contributed by atoms with van der Waals surface area (Å²) in [5.41, 5.74) is -1.27. The van der Waals surface area contributed by atoms with E-state index in [1.807, 2.05) is 0 Å². The summed E-state index contributed by atoms with van der Waals surface area (Å²) in [5, 5.41) is 17.2. The predicted molar refractivity (Wildman–Crippen MR) is 46.2 cm³/mol. The van der Waals surface area contributed by atoms with Crippen molar-refractivity contribution in [2.75, 3.05) is 6.61 Å². The van der Waals surface area contributed by atoms with E-state index in [4.69, 9.17) is 10.2 Å². The highest BCUT2D eigenvalue weighted by molar-refractivity contribution is 5.68. The summed E-state index contributed by atoms with van der Waals surface area (Å²) in [6, 6.07) is 2.38. The zero-order chi connectivity index (χ0) is 12.3. The number of phenolic OH excluding ortho intramolecular Hbond substituents is 1. The molecular formula is C9H7F3O4. The van der Waals surface area contributed by atoms with Crippen LogP contribution in [-0.4, -0.2) is 22.8 Å². The number of rotatable bonds is 3. The molecule has 16 heavy (non-hydrogen) atoms. The molecule has 0 amide bonds. The van der Waals surface area contributed by atoms with Gasteiger partial charge in [-0.2, -0.15) is 13.2 Å². The van der Waals surface area contributed by atoms with Crippen LogP contribution in [0.2, 0.25) is 0 Å². The second-order valence-corrected chi connectivity index (χ2v) is 2.86. The molecule has 0 saturated carbocycles. The lowest BCUT2D eigenvalue weighted by atomic mass is 10.2. The van der Waals surface area contributed by atoms with Crippen LogP contribution in [-0.2, 0) is 11.0 Å². The number of aromatic hydroxyl groups is 1. The van der Waals surface area contributed by atoms with E-state index in [1.54, 1.807) is 0 Å². The number of carboxylic acid groups (broad SMARTS) is 1. The van der Waals surface area contributed by atoms with E-state index in [0.717, 1.165) is 12.1 Å². The Morgan fingerprint density at radius 1 is 1.38 bits per heavy atom. The SMILES string of the molecule is O=C(O)COc1ccc(O)c(C(F)(F)F)c1. The molecule has 0 fully saturated rings. The van der Waals surface area contributed by atoms with Gasteiger partial charge in [0.05, 0.1) is 0 Å². The fraction of sp³-hybridized carbons (Fsp3) is 0.222. The number of halogens is 3. The van der Waals surface area contributed by atoms with Crippen molar-refractivity contribution in [3.05, 3.63) is 23.8 Å². The number of carbonyl (C=O) groups is 1. The molecule has 1 rings (SSSR count). The van der Waals surface area contributed by atoms with E-state index in [1.165, 1.54) is 0 Å². The Hall–Kier alpha value is -1.92. The number of hydrogen-bond donors (Lipinski definition) is 2. The van der Waals surface area contributed by atoms with E-state index in [-0.39, 0.29) is 5.75 Å². The van der Waals surface area contributed by atoms with Crippen molar-refractivity contribution < 1.29 is 32.9 Å². The third-order valence-electron chi connectivity index (χ3n) is 1.64. The van der Waals surface area contributed by atoms with Gasteiger partial charge in [0.1, 0.15) is 17.1 Å². The second-order valence-electron chi connectivity index (χ2n) is 2.86. The maximum atomic E-state index is 12.3. The van der Waals surface area contributed by atoms with Crippen LogP contribution in [0.5, 0.6) is 11.5 Å². The van der Waals surface area contributed by atoms with Gasteiger partial charge in [-0.3, -0.25) is 0 Å². The molecule has 0 aliphatic rings. The molecule has 2 N–H and O–H groups in total. The lowest BCUT2D eigenvalue weighted by Crippen LogP contribution is -2.10. The topological polar surface area (TPSA) is 66.8 Å². The first-order valence-electron chi connectivity index (χ1n) is 4.05. The fourth-order valence-corrected chi connectivity index (χ4v) is 0.977. The minimum atomic E-state index is -4.72. The van der Waals surface area contributed by atoms with Crippen molar-refractivity contribution >= 4 is 5.97 Å². The molecule has 0 bridgehead atoms. The average Bonchev–Trinajstić information content (AvgIpc) is 2.14. The van der Waals surface area contributed by atoms with E-state index < -0.39 is 30.1 Å². The van der Waals surface area contributed by atoms with Crippen molar-refractivity contribution in [3.8, 4) is 11.5 Å². The number of hydrogen-bond acceptors (Lipinski definition) is 3. The summed E-state index contributed by atoms with van der Waals surface area (Å²) >= 11 is 0. The summed E-state index contributed by atoms with van der Waals surface area (Å²) in [5.74, 6) is -2.51. The molecule has 0 saturated heterocycles. The molecule has 4 nitrogen and oxygen atoms in total. The van der Waals surface area contributed by atoms with Crippen molar-refractivity contribution in [2.24, 2.45) is 0 Å². The molecule has 0 atom stereocenters. The van der Waals surface area contributed by atoms with Crippen LogP contribution in [0.3, 0.4) is 0 Å². The van der Waals surface area contributed by atoms with Gasteiger partial charge in [0, 0.05) is 0 Å². The van der Waals surface area contributed by atoms with E-state index in [0.29, 0.717) is 6.07 Å². The van der Waals surface area contributed by atoms with Crippen molar-refractivity contribution in [1.82, 2.24) is 0 Å². The van der Waals surface area contributed by atoms with Crippen LogP contribution in [0.4, 0.5) is 13.2 Å². The quantitative estimate of drug-likeness (QED) is 0.840. The van der Waals surface area contributed by atoms with Gasteiger partial charge in [0.2, 0.25) is 0 Å². The van der Waals surface area contributed by atoms with Gasteiger partial charge in [-0.25, -0.2) is 4.79 Å². The third kappa shape index (κ3) is 3.04. The number of benzene rings is 1.